The molecule has 1 heterocycles. The maximum Gasteiger partial charge on any atom is 0.163 e. The lowest BCUT2D eigenvalue weighted by Gasteiger charge is -2.29. The maximum absolute atomic E-state index is 6.62. The normalized spacial score (nSPS) is 19.4. The van der Waals surface area contributed by atoms with E-state index in [4.69, 9.17) is 21.3 Å². The van der Waals surface area contributed by atoms with Gasteiger partial charge in [-0.1, -0.05) is 133 Å². The van der Waals surface area contributed by atoms with E-state index in [1.807, 2.05) is 13.8 Å². The van der Waals surface area contributed by atoms with E-state index in [1.54, 1.807) is 0 Å². The van der Waals surface area contributed by atoms with E-state index in [1.165, 1.54) is 21.2 Å². The zero-order valence-electron chi connectivity index (χ0n) is 20.7. The molecule has 1 fully saturated rings. The number of ether oxygens (including phenoxy) is 2. The molecule has 36 heavy (non-hydrogen) atoms. The van der Waals surface area contributed by atoms with E-state index in [0.29, 0.717) is 0 Å². The van der Waals surface area contributed by atoms with Crippen LogP contribution in [0.15, 0.2) is 121 Å². The van der Waals surface area contributed by atoms with Crippen LogP contribution in [0.1, 0.15) is 13.8 Å². The quantitative estimate of drug-likeness (QED) is 0.270. The van der Waals surface area contributed by atoms with Crippen molar-refractivity contribution in [2.24, 2.45) is 0 Å². The molecule has 0 radical (unpaired) electrons. The third-order valence-corrected chi connectivity index (χ3v) is 14.0. The molecule has 5 heteroatoms. The lowest BCUT2D eigenvalue weighted by molar-refractivity contribution is -0.142. The summed E-state index contributed by atoms with van der Waals surface area (Å²) in [4.78, 5) is 0. The summed E-state index contributed by atoms with van der Waals surface area (Å²) in [6, 6.07) is 40.8. The van der Waals surface area contributed by atoms with Crippen LogP contribution >= 0.6 is 14.0 Å². The molecule has 0 saturated carbocycles. The first-order chi connectivity index (χ1) is 17.4. The summed E-state index contributed by atoms with van der Waals surface area (Å²) < 4.78 is 13.2. The standard InChI is InChI=1S/C31H32O2P2S/c1-31(2)32-29(23-34(25-15-7-3-8-16-25)26-17-9-4-10-18-26)30(33-31)24-35(36,27-19-11-5-12-20-27)28-21-13-6-14-22-28/h3-22,29-30H,23-24H2,1-2H3/t29-,30-/m0/s1. The van der Waals surface area contributed by atoms with Gasteiger partial charge in [-0.25, -0.2) is 0 Å². The van der Waals surface area contributed by atoms with Crippen molar-refractivity contribution in [2.75, 3.05) is 12.3 Å². The second kappa shape index (κ2) is 11.1. The van der Waals surface area contributed by atoms with Gasteiger partial charge in [0, 0.05) is 18.4 Å². The zero-order valence-corrected chi connectivity index (χ0v) is 23.3. The molecule has 0 bridgehead atoms. The van der Waals surface area contributed by atoms with Crippen molar-refractivity contribution in [3.63, 3.8) is 0 Å². The molecular weight excluding hydrogens is 498 g/mol. The van der Waals surface area contributed by atoms with Crippen molar-refractivity contribution < 1.29 is 9.47 Å². The Kier molecular flexibility index (Phi) is 7.87. The zero-order chi connectivity index (χ0) is 25.0. The Morgan fingerprint density at radius 3 is 1.47 bits per heavy atom. The first kappa shape index (κ1) is 25.5. The highest BCUT2D eigenvalue weighted by molar-refractivity contribution is 8.21. The predicted octanol–water partition coefficient (Wildman–Crippen LogP) is 5.77. The Morgan fingerprint density at radius 2 is 1.03 bits per heavy atom. The number of benzene rings is 4. The van der Waals surface area contributed by atoms with Gasteiger partial charge in [-0.3, -0.25) is 0 Å². The summed E-state index contributed by atoms with van der Waals surface area (Å²) in [5, 5.41) is 5.17. The van der Waals surface area contributed by atoms with Crippen LogP contribution in [-0.2, 0) is 21.3 Å². The minimum absolute atomic E-state index is 0.0405. The average Bonchev–Trinajstić information content (AvgIpc) is 3.21. The Morgan fingerprint density at radius 1 is 0.639 bits per heavy atom. The maximum atomic E-state index is 6.62. The molecule has 1 aliphatic rings. The van der Waals surface area contributed by atoms with Gasteiger partial charge >= 0.3 is 0 Å². The van der Waals surface area contributed by atoms with Crippen LogP contribution in [-0.4, -0.2) is 30.3 Å². The number of rotatable bonds is 8. The van der Waals surface area contributed by atoms with Crippen LogP contribution in [0.3, 0.4) is 0 Å². The van der Waals surface area contributed by atoms with Gasteiger partial charge in [-0.15, -0.1) is 0 Å². The molecule has 184 valence electrons. The Hall–Kier alpha value is -2.12. The fraction of sp³-hybridized carbons (Fsp3) is 0.226. The van der Waals surface area contributed by atoms with Crippen LogP contribution in [0.25, 0.3) is 0 Å². The smallest absolute Gasteiger partial charge is 0.163 e. The minimum Gasteiger partial charge on any atom is -0.344 e. The molecule has 0 amide bonds. The molecule has 0 unspecified atom stereocenters. The topological polar surface area (TPSA) is 18.5 Å². The third-order valence-electron chi connectivity index (χ3n) is 6.57. The Labute approximate surface area is 221 Å². The highest BCUT2D eigenvalue weighted by Gasteiger charge is 2.44. The van der Waals surface area contributed by atoms with Gasteiger partial charge in [0.05, 0.1) is 12.2 Å². The molecular formula is C31H32O2P2S. The van der Waals surface area contributed by atoms with Gasteiger partial charge in [-0.2, -0.15) is 0 Å². The van der Waals surface area contributed by atoms with E-state index in [2.05, 4.69) is 121 Å². The first-order valence-electron chi connectivity index (χ1n) is 12.4. The SMILES string of the molecule is CC1(C)O[C@@H](CP(c2ccccc2)c2ccccc2)[C@H](CP(=S)(c2ccccc2)c2ccccc2)O1. The number of hydrogen-bond acceptors (Lipinski definition) is 3. The Bertz CT molecular complexity index is 1210. The summed E-state index contributed by atoms with van der Waals surface area (Å²) in [6.07, 6.45) is 1.55. The molecule has 4 aromatic carbocycles. The summed E-state index contributed by atoms with van der Waals surface area (Å²) >= 11 is 6.58. The third kappa shape index (κ3) is 5.72. The molecule has 1 saturated heterocycles. The van der Waals surface area contributed by atoms with Crippen LogP contribution in [0.2, 0.25) is 0 Å². The van der Waals surface area contributed by atoms with Gasteiger partial charge < -0.3 is 9.47 Å². The molecule has 0 N–H and O–H groups in total. The van der Waals surface area contributed by atoms with Crippen molar-refractivity contribution >= 4 is 47.0 Å². The summed E-state index contributed by atoms with van der Waals surface area (Å²) in [7, 11) is -0.607. The van der Waals surface area contributed by atoms with Crippen molar-refractivity contribution in [1.82, 2.24) is 0 Å². The number of hydrogen-bond donors (Lipinski definition) is 0. The fourth-order valence-electron chi connectivity index (χ4n) is 4.92. The van der Waals surface area contributed by atoms with Crippen LogP contribution in [0.4, 0.5) is 0 Å². The van der Waals surface area contributed by atoms with Crippen LogP contribution in [0, 0.1) is 0 Å². The fourth-order valence-corrected chi connectivity index (χ4v) is 11.4. The Balaban J connectivity index is 1.50. The van der Waals surface area contributed by atoms with Gasteiger partial charge in [0.1, 0.15) is 0 Å². The van der Waals surface area contributed by atoms with Gasteiger partial charge in [0.25, 0.3) is 0 Å². The molecule has 2 atom stereocenters. The molecule has 0 aromatic heterocycles. The minimum atomic E-state index is -2.12. The first-order valence-corrected chi connectivity index (χ1v) is 16.9. The monoisotopic (exact) mass is 530 g/mol. The second-order valence-corrected chi connectivity index (χ2v) is 16.6. The van der Waals surface area contributed by atoms with E-state index >= 15 is 0 Å². The van der Waals surface area contributed by atoms with Gasteiger partial charge in [-0.05, 0) is 43.0 Å². The lowest BCUT2D eigenvalue weighted by Crippen LogP contribution is -2.34. The molecule has 1 aliphatic heterocycles. The molecule has 2 nitrogen and oxygen atoms in total. The second-order valence-electron chi connectivity index (χ2n) is 9.59. The largest absolute Gasteiger partial charge is 0.344 e. The van der Waals surface area contributed by atoms with Gasteiger partial charge in [0.15, 0.2) is 5.79 Å². The summed E-state index contributed by atoms with van der Waals surface area (Å²) in [5.41, 5.74) is 0. The highest BCUT2D eigenvalue weighted by Crippen LogP contribution is 2.49. The average molecular weight is 531 g/mol. The summed E-state index contributed by atoms with van der Waals surface area (Å²) in [5.74, 6) is -0.642. The van der Waals surface area contributed by atoms with E-state index in [0.717, 1.165) is 12.3 Å². The molecule has 5 rings (SSSR count). The van der Waals surface area contributed by atoms with E-state index < -0.39 is 19.7 Å². The van der Waals surface area contributed by atoms with Crippen LogP contribution in [0.5, 0.6) is 0 Å². The van der Waals surface area contributed by atoms with Crippen molar-refractivity contribution in [2.45, 2.75) is 31.8 Å². The van der Waals surface area contributed by atoms with Gasteiger partial charge in [0.2, 0.25) is 0 Å². The van der Waals surface area contributed by atoms with E-state index in [-0.39, 0.29) is 12.2 Å². The molecule has 4 aromatic rings. The molecule has 0 aliphatic carbocycles. The van der Waals surface area contributed by atoms with Crippen LogP contribution < -0.4 is 21.2 Å². The lowest BCUT2D eigenvalue weighted by atomic mass is 10.3. The van der Waals surface area contributed by atoms with E-state index in [9.17, 15) is 0 Å². The summed E-state index contributed by atoms with van der Waals surface area (Å²) in [6.45, 7) is 4.06. The predicted molar refractivity (Wildman–Crippen MR) is 159 cm³/mol. The van der Waals surface area contributed by atoms with Crippen molar-refractivity contribution in [3.05, 3.63) is 121 Å². The van der Waals surface area contributed by atoms with Crippen molar-refractivity contribution in [1.29, 1.82) is 0 Å². The molecule has 0 spiro atoms. The van der Waals surface area contributed by atoms with Crippen molar-refractivity contribution in [3.8, 4) is 0 Å². The highest BCUT2D eigenvalue weighted by atomic mass is 32.4.